The number of hydrogen-bond acceptors (Lipinski definition) is 4. The van der Waals surface area contributed by atoms with Crippen molar-refractivity contribution in [2.24, 2.45) is 0 Å². The van der Waals surface area contributed by atoms with Crippen molar-refractivity contribution in [3.63, 3.8) is 0 Å². The maximum absolute atomic E-state index is 4.24. The molecule has 0 aliphatic carbocycles. The van der Waals surface area contributed by atoms with Gasteiger partial charge in [0.25, 0.3) is 0 Å². The van der Waals surface area contributed by atoms with Gasteiger partial charge < -0.3 is 10.2 Å². The van der Waals surface area contributed by atoms with Crippen molar-refractivity contribution in [3.8, 4) is 0 Å². The topological polar surface area (TPSA) is 41.1 Å². The highest BCUT2D eigenvalue weighted by Crippen LogP contribution is 2.24. The highest BCUT2D eigenvalue weighted by atomic mass is 79.9. The van der Waals surface area contributed by atoms with E-state index < -0.39 is 0 Å². The molecular formula is C13H15BrN4. The van der Waals surface area contributed by atoms with E-state index in [9.17, 15) is 0 Å². The Balaban J connectivity index is 2.24. The molecule has 0 aliphatic heterocycles. The Hall–Kier alpha value is -1.62. The lowest BCUT2D eigenvalue weighted by atomic mass is 10.1. The van der Waals surface area contributed by atoms with E-state index in [0.717, 1.165) is 16.1 Å². The number of rotatable bonds is 3. The van der Waals surface area contributed by atoms with Crippen LogP contribution in [-0.2, 0) is 0 Å². The third-order valence-corrected chi connectivity index (χ3v) is 2.99. The molecule has 1 heterocycles. The van der Waals surface area contributed by atoms with E-state index in [-0.39, 0.29) is 0 Å². The van der Waals surface area contributed by atoms with Gasteiger partial charge in [-0.05, 0) is 40.5 Å². The summed E-state index contributed by atoms with van der Waals surface area (Å²) in [6.45, 7) is 2.10. The number of anilines is 3. The Bertz CT molecular complexity index is 537. The first kappa shape index (κ1) is 12.8. The third-order valence-electron chi connectivity index (χ3n) is 2.58. The number of nitrogens with zero attached hydrogens (tertiary/aromatic N) is 3. The summed E-state index contributed by atoms with van der Waals surface area (Å²) in [5.74, 6) is 0.728. The van der Waals surface area contributed by atoms with Crippen molar-refractivity contribution in [3.05, 3.63) is 40.8 Å². The van der Waals surface area contributed by atoms with Crippen LogP contribution in [0.1, 0.15) is 5.56 Å². The summed E-state index contributed by atoms with van der Waals surface area (Å²) < 4.78 is 0.728. The first-order valence-corrected chi connectivity index (χ1v) is 6.38. The quantitative estimate of drug-likeness (QED) is 0.944. The van der Waals surface area contributed by atoms with Crippen LogP contribution in [0.3, 0.4) is 0 Å². The van der Waals surface area contributed by atoms with Crippen LogP contribution in [0.25, 0.3) is 0 Å². The van der Waals surface area contributed by atoms with Crippen LogP contribution in [-0.4, -0.2) is 24.1 Å². The summed E-state index contributed by atoms with van der Waals surface area (Å²) >= 11 is 3.26. The number of aromatic nitrogens is 2. The van der Waals surface area contributed by atoms with Crippen LogP contribution in [0.15, 0.2) is 35.2 Å². The molecule has 0 fully saturated rings. The van der Waals surface area contributed by atoms with Gasteiger partial charge in [0.15, 0.2) is 0 Å². The lowest BCUT2D eigenvalue weighted by molar-refractivity contribution is 1.11. The minimum absolute atomic E-state index is 0.728. The summed E-state index contributed by atoms with van der Waals surface area (Å²) in [6.07, 6.45) is 3.36. The molecule has 2 rings (SSSR count). The normalized spacial score (nSPS) is 10.2. The number of benzene rings is 1. The molecule has 4 nitrogen and oxygen atoms in total. The fraction of sp³-hybridized carbons (Fsp3) is 0.231. The molecule has 0 amide bonds. The molecule has 2 aromatic rings. The number of halogens is 1. The largest absolute Gasteiger partial charge is 0.377 e. The molecule has 0 bridgehead atoms. The Morgan fingerprint density at radius 3 is 2.56 bits per heavy atom. The zero-order chi connectivity index (χ0) is 13.1. The Labute approximate surface area is 115 Å². The van der Waals surface area contributed by atoms with Gasteiger partial charge >= 0.3 is 0 Å². The minimum Gasteiger partial charge on any atom is -0.377 e. The van der Waals surface area contributed by atoms with Crippen LogP contribution in [0.4, 0.5) is 17.2 Å². The second-order valence-electron chi connectivity index (χ2n) is 4.25. The first-order chi connectivity index (χ1) is 8.56. The van der Waals surface area contributed by atoms with E-state index in [4.69, 9.17) is 0 Å². The monoisotopic (exact) mass is 306 g/mol. The fourth-order valence-corrected chi connectivity index (χ4v) is 1.90. The molecule has 1 aromatic carbocycles. The first-order valence-electron chi connectivity index (χ1n) is 5.59. The van der Waals surface area contributed by atoms with Crippen molar-refractivity contribution in [1.29, 1.82) is 0 Å². The molecule has 0 unspecified atom stereocenters. The van der Waals surface area contributed by atoms with Crippen LogP contribution in [0.2, 0.25) is 0 Å². The zero-order valence-electron chi connectivity index (χ0n) is 10.6. The smallest absolute Gasteiger partial charge is 0.148 e. The van der Waals surface area contributed by atoms with Gasteiger partial charge in [-0.15, -0.1) is 0 Å². The predicted octanol–water partition coefficient (Wildman–Crippen LogP) is 3.36. The van der Waals surface area contributed by atoms with Gasteiger partial charge in [-0.2, -0.15) is 0 Å². The van der Waals surface area contributed by atoms with Crippen molar-refractivity contribution in [2.75, 3.05) is 24.3 Å². The average Bonchev–Trinajstić information content (AvgIpc) is 2.34. The molecular weight excluding hydrogens is 292 g/mol. The number of aryl methyl sites for hydroxylation is 1. The van der Waals surface area contributed by atoms with E-state index in [2.05, 4.69) is 55.2 Å². The predicted molar refractivity (Wildman–Crippen MR) is 78.5 cm³/mol. The van der Waals surface area contributed by atoms with Crippen molar-refractivity contribution >= 4 is 33.1 Å². The van der Waals surface area contributed by atoms with E-state index in [1.165, 1.54) is 11.3 Å². The highest BCUT2D eigenvalue weighted by Gasteiger charge is 2.03. The van der Waals surface area contributed by atoms with Crippen LogP contribution >= 0.6 is 15.9 Å². The van der Waals surface area contributed by atoms with E-state index in [1.54, 1.807) is 12.4 Å². The fourth-order valence-electron chi connectivity index (χ4n) is 1.69. The number of nitrogens with one attached hydrogen (secondary N) is 1. The van der Waals surface area contributed by atoms with Gasteiger partial charge in [0.1, 0.15) is 10.4 Å². The van der Waals surface area contributed by atoms with Crippen LogP contribution < -0.4 is 10.2 Å². The minimum atomic E-state index is 0.728. The van der Waals surface area contributed by atoms with Crippen LogP contribution in [0.5, 0.6) is 0 Å². The van der Waals surface area contributed by atoms with Gasteiger partial charge in [-0.1, -0.05) is 6.07 Å². The molecule has 0 saturated heterocycles. The molecule has 94 valence electrons. The highest BCUT2D eigenvalue weighted by molar-refractivity contribution is 9.10. The molecule has 1 aromatic heterocycles. The molecule has 18 heavy (non-hydrogen) atoms. The van der Waals surface area contributed by atoms with Gasteiger partial charge in [-0.3, -0.25) is 0 Å². The van der Waals surface area contributed by atoms with Crippen molar-refractivity contribution in [2.45, 2.75) is 6.92 Å². The summed E-state index contributed by atoms with van der Waals surface area (Å²) in [7, 11) is 4.07. The molecule has 0 radical (unpaired) electrons. The molecule has 0 saturated carbocycles. The van der Waals surface area contributed by atoms with Gasteiger partial charge in [0, 0.05) is 25.5 Å². The van der Waals surface area contributed by atoms with Crippen molar-refractivity contribution < 1.29 is 0 Å². The summed E-state index contributed by atoms with van der Waals surface area (Å²) in [5.41, 5.74) is 3.43. The van der Waals surface area contributed by atoms with E-state index in [0.29, 0.717) is 0 Å². The Morgan fingerprint density at radius 1 is 1.17 bits per heavy atom. The molecule has 0 aliphatic rings. The lowest BCUT2D eigenvalue weighted by Gasteiger charge is -2.17. The molecule has 0 atom stereocenters. The van der Waals surface area contributed by atoms with Gasteiger partial charge in [0.05, 0.1) is 12.4 Å². The standard InChI is InChI=1S/C13H15BrN4/c1-9-4-5-10(6-11(9)18(2)3)17-13-8-15-12(14)7-16-13/h4-8H,1-3H3,(H,16,17). The van der Waals surface area contributed by atoms with Gasteiger partial charge in [-0.25, -0.2) is 9.97 Å². The van der Waals surface area contributed by atoms with Crippen molar-refractivity contribution in [1.82, 2.24) is 9.97 Å². The zero-order valence-corrected chi connectivity index (χ0v) is 12.2. The summed E-state index contributed by atoms with van der Waals surface area (Å²) in [6, 6.07) is 6.22. The number of hydrogen-bond donors (Lipinski definition) is 1. The maximum atomic E-state index is 4.24. The van der Waals surface area contributed by atoms with E-state index >= 15 is 0 Å². The second kappa shape index (κ2) is 5.35. The second-order valence-corrected chi connectivity index (χ2v) is 5.06. The van der Waals surface area contributed by atoms with Gasteiger partial charge in [0.2, 0.25) is 0 Å². The summed E-state index contributed by atoms with van der Waals surface area (Å²) in [5, 5.41) is 3.23. The van der Waals surface area contributed by atoms with E-state index in [1.807, 2.05) is 20.2 Å². The lowest BCUT2D eigenvalue weighted by Crippen LogP contribution is -2.10. The molecule has 5 heteroatoms. The average molecular weight is 307 g/mol. The Kier molecular flexibility index (Phi) is 3.81. The Morgan fingerprint density at radius 2 is 1.94 bits per heavy atom. The summed E-state index contributed by atoms with van der Waals surface area (Å²) in [4.78, 5) is 10.5. The third kappa shape index (κ3) is 2.98. The maximum Gasteiger partial charge on any atom is 0.148 e. The SMILES string of the molecule is Cc1ccc(Nc2cnc(Br)cn2)cc1N(C)C. The molecule has 0 spiro atoms. The van der Waals surface area contributed by atoms with Crippen LogP contribution in [0, 0.1) is 6.92 Å². The molecule has 1 N–H and O–H groups in total.